The second kappa shape index (κ2) is 11.3. The third-order valence-electron chi connectivity index (χ3n) is 11.8. The van der Waals surface area contributed by atoms with Crippen molar-refractivity contribution in [3.8, 4) is 0 Å². The first kappa shape index (κ1) is 27.9. The molecule has 10 atom stereocenters. The van der Waals surface area contributed by atoms with Gasteiger partial charge in [-0.1, -0.05) is 20.8 Å². The number of fused-ring (bicyclic) bond motifs is 5. The van der Waals surface area contributed by atoms with Crippen LogP contribution in [0.1, 0.15) is 111 Å². The van der Waals surface area contributed by atoms with Crippen molar-refractivity contribution in [3.63, 3.8) is 0 Å². The van der Waals surface area contributed by atoms with E-state index in [-0.39, 0.29) is 12.0 Å². The number of carboxylic acid groups (broad SMARTS) is 1. The van der Waals surface area contributed by atoms with Crippen molar-refractivity contribution in [3.05, 3.63) is 0 Å². The minimum Gasteiger partial charge on any atom is -0.480 e. The zero-order valence-electron chi connectivity index (χ0n) is 23.0. The van der Waals surface area contributed by atoms with Crippen LogP contribution in [0.5, 0.6) is 0 Å². The van der Waals surface area contributed by atoms with Crippen LogP contribution in [0.3, 0.4) is 0 Å². The molecule has 6 nitrogen and oxygen atoms in total. The molecule has 4 aliphatic carbocycles. The maximum Gasteiger partial charge on any atom is 0.320 e. The van der Waals surface area contributed by atoms with Crippen molar-refractivity contribution >= 4 is 11.9 Å². The van der Waals surface area contributed by atoms with Gasteiger partial charge in [-0.05, 0) is 130 Å². The summed E-state index contributed by atoms with van der Waals surface area (Å²) < 4.78 is 0. The molecular weight excluding hydrogens is 452 g/mol. The van der Waals surface area contributed by atoms with Gasteiger partial charge in [0.05, 0.1) is 6.10 Å². The Kier molecular flexibility index (Phi) is 8.76. The predicted molar refractivity (Wildman–Crippen MR) is 142 cm³/mol. The zero-order chi connectivity index (χ0) is 26.1. The Morgan fingerprint density at radius 2 is 1.69 bits per heavy atom. The largest absolute Gasteiger partial charge is 0.480 e. The Bertz CT molecular complexity index is 789. The van der Waals surface area contributed by atoms with E-state index in [2.05, 4.69) is 26.1 Å². The van der Waals surface area contributed by atoms with Crippen LogP contribution in [0.2, 0.25) is 0 Å². The first-order valence-corrected chi connectivity index (χ1v) is 15.0. The Balaban J connectivity index is 1.25. The maximum atomic E-state index is 12.5. The Morgan fingerprint density at radius 1 is 0.972 bits per heavy atom. The third-order valence-corrected chi connectivity index (χ3v) is 11.8. The molecule has 206 valence electrons. The van der Waals surface area contributed by atoms with E-state index in [9.17, 15) is 14.7 Å². The van der Waals surface area contributed by atoms with Gasteiger partial charge < -0.3 is 21.3 Å². The second-order valence-electron chi connectivity index (χ2n) is 13.6. The fraction of sp³-hybridized carbons (Fsp3) is 0.933. The van der Waals surface area contributed by atoms with Gasteiger partial charge in [0.15, 0.2) is 0 Å². The summed E-state index contributed by atoms with van der Waals surface area (Å²) in [5, 5.41) is 22.2. The van der Waals surface area contributed by atoms with Crippen LogP contribution >= 0.6 is 0 Å². The molecule has 4 saturated carbocycles. The summed E-state index contributed by atoms with van der Waals surface area (Å²) in [6, 6.07) is -0.804. The maximum absolute atomic E-state index is 12.5. The molecule has 0 radical (unpaired) electrons. The molecule has 1 amide bonds. The monoisotopic (exact) mass is 504 g/mol. The lowest BCUT2D eigenvalue weighted by Crippen LogP contribution is -2.54. The lowest BCUT2D eigenvalue weighted by Gasteiger charge is -2.61. The Hall–Kier alpha value is -1.14. The molecule has 4 aliphatic rings. The van der Waals surface area contributed by atoms with E-state index in [1.165, 1.54) is 44.9 Å². The molecule has 0 aromatic carbocycles. The topological polar surface area (TPSA) is 113 Å². The normalized spacial score (nSPS) is 41.5. The van der Waals surface area contributed by atoms with Gasteiger partial charge in [-0.2, -0.15) is 0 Å². The number of hydrogen-bond donors (Lipinski definition) is 4. The molecule has 0 heterocycles. The summed E-state index contributed by atoms with van der Waals surface area (Å²) in [4.78, 5) is 23.3. The number of nitrogens with two attached hydrogens (primary N) is 1. The highest BCUT2D eigenvalue weighted by atomic mass is 16.4. The Morgan fingerprint density at radius 3 is 2.44 bits per heavy atom. The van der Waals surface area contributed by atoms with Crippen LogP contribution in [-0.4, -0.2) is 40.8 Å². The number of carbonyl (C=O) groups is 2. The first-order chi connectivity index (χ1) is 17.1. The number of unbranched alkanes of at least 4 members (excludes halogenated alkanes) is 1. The van der Waals surface area contributed by atoms with Crippen LogP contribution in [0.15, 0.2) is 0 Å². The van der Waals surface area contributed by atoms with Crippen LogP contribution in [-0.2, 0) is 9.59 Å². The SMILES string of the molecule is CC(CCC(=O)NCCCCC(N)C(=O)O)C1CCC2C3CCC4CC(O)CCC4(C)C3CCC12C. The van der Waals surface area contributed by atoms with E-state index >= 15 is 0 Å². The van der Waals surface area contributed by atoms with E-state index in [1.807, 2.05) is 0 Å². The number of aliphatic hydroxyl groups is 1. The summed E-state index contributed by atoms with van der Waals surface area (Å²) in [5.74, 6) is 3.69. The van der Waals surface area contributed by atoms with Crippen LogP contribution in [0.25, 0.3) is 0 Å². The number of rotatable bonds is 10. The number of nitrogens with one attached hydrogen (secondary N) is 1. The summed E-state index contributed by atoms with van der Waals surface area (Å²) in [5.41, 5.74) is 6.39. The van der Waals surface area contributed by atoms with Gasteiger partial charge in [0.25, 0.3) is 0 Å². The molecule has 4 rings (SSSR count). The van der Waals surface area contributed by atoms with Gasteiger partial charge in [-0.25, -0.2) is 0 Å². The van der Waals surface area contributed by atoms with Crippen molar-refractivity contribution in [1.82, 2.24) is 5.32 Å². The molecule has 6 heteroatoms. The predicted octanol–water partition coefficient (Wildman–Crippen LogP) is 5.12. The number of amides is 1. The quantitative estimate of drug-likeness (QED) is 0.308. The average molecular weight is 505 g/mol. The summed E-state index contributed by atoms with van der Waals surface area (Å²) in [6.07, 6.45) is 14.7. The van der Waals surface area contributed by atoms with E-state index in [4.69, 9.17) is 10.8 Å². The Labute approximate surface area is 218 Å². The second-order valence-corrected chi connectivity index (χ2v) is 13.6. The number of hydrogen-bond acceptors (Lipinski definition) is 4. The molecule has 0 saturated heterocycles. The van der Waals surface area contributed by atoms with E-state index < -0.39 is 12.0 Å². The van der Waals surface area contributed by atoms with E-state index in [0.29, 0.717) is 48.5 Å². The molecule has 0 spiro atoms. The molecular formula is C30H52N2O4. The highest BCUT2D eigenvalue weighted by Crippen LogP contribution is 2.68. The highest BCUT2D eigenvalue weighted by Gasteiger charge is 2.60. The van der Waals surface area contributed by atoms with Gasteiger partial charge in [-0.3, -0.25) is 9.59 Å². The number of carbonyl (C=O) groups excluding carboxylic acids is 1. The molecule has 0 aliphatic heterocycles. The van der Waals surface area contributed by atoms with Crippen molar-refractivity contribution in [2.45, 2.75) is 123 Å². The number of aliphatic hydroxyl groups excluding tert-OH is 1. The molecule has 36 heavy (non-hydrogen) atoms. The average Bonchev–Trinajstić information content (AvgIpc) is 3.19. The fourth-order valence-electron chi connectivity index (χ4n) is 9.70. The molecule has 10 unspecified atom stereocenters. The standard InChI is InChI=1S/C30H52N2O4/c1-19(7-12-27(34)32-17-5-4-6-26(31)28(35)36)23-10-11-24-22-9-8-20-18-21(33)13-15-29(20,2)25(22)14-16-30(23,24)3/h19-26,33H,4-18,31H2,1-3H3,(H,32,34)(H,35,36). The molecule has 0 aromatic rings. The van der Waals surface area contributed by atoms with Crippen molar-refractivity contribution in [2.75, 3.05) is 6.54 Å². The minimum absolute atomic E-state index is 0.0716. The lowest BCUT2D eigenvalue weighted by atomic mass is 9.44. The van der Waals surface area contributed by atoms with E-state index in [1.54, 1.807) is 0 Å². The highest BCUT2D eigenvalue weighted by molar-refractivity contribution is 5.75. The first-order valence-electron chi connectivity index (χ1n) is 15.0. The van der Waals surface area contributed by atoms with E-state index in [0.717, 1.165) is 49.4 Å². The molecule has 0 bridgehead atoms. The van der Waals surface area contributed by atoms with Crippen LogP contribution in [0, 0.1) is 46.3 Å². The number of aliphatic carboxylic acids is 1. The van der Waals surface area contributed by atoms with Crippen molar-refractivity contribution in [2.24, 2.45) is 52.1 Å². The van der Waals surface area contributed by atoms with Gasteiger partial charge >= 0.3 is 5.97 Å². The number of carboxylic acids is 1. The fourth-order valence-corrected chi connectivity index (χ4v) is 9.70. The summed E-state index contributed by atoms with van der Waals surface area (Å²) in [7, 11) is 0. The molecule has 4 fully saturated rings. The minimum atomic E-state index is -0.958. The van der Waals surface area contributed by atoms with Gasteiger partial charge in [0, 0.05) is 13.0 Å². The summed E-state index contributed by atoms with van der Waals surface area (Å²) >= 11 is 0. The molecule has 0 aromatic heterocycles. The van der Waals surface area contributed by atoms with Crippen molar-refractivity contribution < 1.29 is 19.8 Å². The van der Waals surface area contributed by atoms with Gasteiger partial charge in [0.1, 0.15) is 6.04 Å². The van der Waals surface area contributed by atoms with Gasteiger partial charge in [-0.15, -0.1) is 0 Å². The smallest absolute Gasteiger partial charge is 0.320 e. The lowest BCUT2D eigenvalue weighted by molar-refractivity contribution is -0.138. The molecule has 5 N–H and O–H groups in total. The van der Waals surface area contributed by atoms with Crippen LogP contribution in [0.4, 0.5) is 0 Å². The summed E-state index contributed by atoms with van der Waals surface area (Å²) in [6.45, 7) is 8.13. The zero-order valence-corrected chi connectivity index (χ0v) is 23.0. The van der Waals surface area contributed by atoms with Crippen LogP contribution < -0.4 is 11.1 Å². The third kappa shape index (κ3) is 5.50. The van der Waals surface area contributed by atoms with Crippen molar-refractivity contribution in [1.29, 1.82) is 0 Å². The van der Waals surface area contributed by atoms with Gasteiger partial charge in [0.2, 0.25) is 5.91 Å².